The highest BCUT2D eigenvalue weighted by Gasteiger charge is 2.20. The number of nitrogens with zero attached hydrogens (tertiary/aromatic N) is 2. The van der Waals surface area contributed by atoms with Gasteiger partial charge in [-0.1, -0.05) is 0 Å². The molecular formula is C12H10ClN5O2S. The highest BCUT2D eigenvalue weighted by Crippen LogP contribution is 2.26. The molecule has 3 aromatic rings. The van der Waals surface area contributed by atoms with Crippen LogP contribution in [0.4, 0.5) is 11.5 Å². The lowest BCUT2D eigenvalue weighted by atomic mass is 10.2. The van der Waals surface area contributed by atoms with Gasteiger partial charge < -0.3 is 10.7 Å². The Labute approximate surface area is 125 Å². The van der Waals surface area contributed by atoms with Crippen LogP contribution < -0.4 is 10.5 Å². The van der Waals surface area contributed by atoms with Gasteiger partial charge >= 0.3 is 0 Å². The number of hydrogen-bond acceptors (Lipinski definition) is 5. The van der Waals surface area contributed by atoms with E-state index in [1.165, 1.54) is 18.5 Å². The van der Waals surface area contributed by atoms with E-state index in [4.69, 9.17) is 17.3 Å². The van der Waals surface area contributed by atoms with Crippen LogP contribution in [-0.4, -0.2) is 23.4 Å². The number of fused-ring (bicyclic) bond motifs is 1. The predicted molar refractivity (Wildman–Crippen MR) is 80.6 cm³/mol. The summed E-state index contributed by atoms with van der Waals surface area (Å²) in [6, 6.07) is 6.40. The van der Waals surface area contributed by atoms with Crippen molar-refractivity contribution in [3.63, 3.8) is 0 Å². The maximum atomic E-state index is 12.4. The van der Waals surface area contributed by atoms with Gasteiger partial charge in [-0.05, 0) is 35.9 Å². The number of rotatable bonds is 3. The molecule has 0 spiro atoms. The van der Waals surface area contributed by atoms with Gasteiger partial charge in [-0.15, -0.1) is 0 Å². The summed E-state index contributed by atoms with van der Waals surface area (Å²) >= 11 is 5.63. The fourth-order valence-electron chi connectivity index (χ4n) is 1.92. The Kier molecular flexibility index (Phi) is 3.19. The summed E-state index contributed by atoms with van der Waals surface area (Å²) in [7, 11) is -3.82. The van der Waals surface area contributed by atoms with E-state index in [2.05, 4.69) is 19.7 Å². The lowest BCUT2D eigenvalue weighted by molar-refractivity contribution is 0.602. The molecule has 0 bridgehead atoms. The van der Waals surface area contributed by atoms with Crippen LogP contribution in [0, 0.1) is 0 Å². The molecule has 21 heavy (non-hydrogen) atoms. The van der Waals surface area contributed by atoms with Crippen LogP contribution in [0.15, 0.2) is 41.6 Å². The van der Waals surface area contributed by atoms with Gasteiger partial charge in [0.15, 0.2) is 0 Å². The number of sulfonamides is 1. The molecule has 108 valence electrons. The van der Waals surface area contributed by atoms with E-state index in [9.17, 15) is 8.42 Å². The zero-order valence-corrected chi connectivity index (χ0v) is 12.1. The Hall–Kier alpha value is -2.32. The fraction of sp³-hybridized carbons (Fsp3) is 0. The summed E-state index contributed by atoms with van der Waals surface area (Å²) in [4.78, 5) is 10.5. The van der Waals surface area contributed by atoms with E-state index < -0.39 is 10.0 Å². The van der Waals surface area contributed by atoms with Crippen LogP contribution in [0.5, 0.6) is 0 Å². The van der Waals surface area contributed by atoms with Gasteiger partial charge in [0.2, 0.25) is 5.28 Å². The molecule has 4 N–H and O–H groups in total. The van der Waals surface area contributed by atoms with E-state index in [0.29, 0.717) is 16.6 Å². The molecule has 0 aliphatic rings. The third kappa shape index (κ3) is 2.63. The lowest BCUT2D eigenvalue weighted by Crippen LogP contribution is -2.13. The zero-order chi connectivity index (χ0) is 15.0. The van der Waals surface area contributed by atoms with Crippen LogP contribution in [0.3, 0.4) is 0 Å². The molecule has 7 nitrogen and oxygen atoms in total. The number of nitrogens with two attached hydrogens (primary N) is 1. The molecule has 0 atom stereocenters. The van der Waals surface area contributed by atoms with Gasteiger partial charge in [0.25, 0.3) is 10.0 Å². The highest BCUT2D eigenvalue weighted by molar-refractivity contribution is 7.93. The Morgan fingerprint density at radius 2 is 2.10 bits per heavy atom. The van der Waals surface area contributed by atoms with E-state index in [1.807, 2.05) is 0 Å². The minimum atomic E-state index is -3.82. The lowest BCUT2D eigenvalue weighted by Gasteiger charge is -2.06. The maximum absolute atomic E-state index is 12.4. The van der Waals surface area contributed by atoms with Crippen molar-refractivity contribution in [2.45, 2.75) is 4.90 Å². The Bertz CT molecular complexity index is 922. The number of halogens is 1. The van der Waals surface area contributed by atoms with Gasteiger partial charge in [-0.2, -0.15) is 4.98 Å². The third-order valence-corrected chi connectivity index (χ3v) is 4.40. The fourth-order valence-corrected chi connectivity index (χ4v) is 3.24. The van der Waals surface area contributed by atoms with Gasteiger partial charge in [0, 0.05) is 29.0 Å². The molecule has 0 saturated carbocycles. The predicted octanol–water partition coefficient (Wildman–Crippen LogP) is 1.99. The molecule has 1 aromatic carbocycles. The number of aromatic amines is 1. The summed E-state index contributed by atoms with van der Waals surface area (Å²) < 4.78 is 27.2. The van der Waals surface area contributed by atoms with Crippen LogP contribution in [0.2, 0.25) is 5.28 Å². The van der Waals surface area contributed by atoms with Gasteiger partial charge in [0.1, 0.15) is 10.7 Å². The largest absolute Gasteiger partial charge is 0.399 e. The molecule has 0 saturated heterocycles. The number of aromatic nitrogens is 3. The molecule has 0 amide bonds. The molecule has 3 rings (SSSR count). The van der Waals surface area contributed by atoms with Crippen LogP contribution in [-0.2, 0) is 10.0 Å². The molecule has 0 aliphatic heterocycles. The van der Waals surface area contributed by atoms with E-state index in [-0.39, 0.29) is 16.0 Å². The van der Waals surface area contributed by atoms with Gasteiger partial charge in [0.05, 0.1) is 0 Å². The normalized spacial score (nSPS) is 11.7. The number of nitrogen functional groups attached to an aromatic ring is 1. The van der Waals surface area contributed by atoms with E-state index >= 15 is 0 Å². The molecule has 2 aromatic heterocycles. The van der Waals surface area contributed by atoms with Crippen molar-refractivity contribution >= 4 is 44.0 Å². The molecule has 2 heterocycles. The first kappa shape index (κ1) is 13.7. The van der Waals surface area contributed by atoms with Crippen molar-refractivity contribution in [1.29, 1.82) is 0 Å². The first-order valence-electron chi connectivity index (χ1n) is 5.84. The second-order valence-corrected chi connectivity index (χ2v) is 6.26. The van der Waals surface area contributed by atoms with Crippen LogP contribution in [0.25, 0.3) is 10.9 Å². The summed E-state index contributed by atoms with van der Waals surface area (Å²) in [6.45, 7) is 0. The van der Waals surface area contributed by atoms with Crippen molar-refractivity contribution in [3.8, 4) is 0 Å². The Balaban J connectivity index is 2.06. The monoisotopic (exact) mass is 323 g/mol. The molecule has 9 heteroatoms. The zero-order valence-electron chi connectivity index (χ0n) is 10.5. The third-order valence-electron chi connectivity index (χ3n) is 2.82. The molecule has 0 fully saturated rings. The SMILES string of the molecule is Nc1ccc2[nH]cc(S(=O)(=O)Nc3ccnc(Cl)n3)c2c1. The number of nitrogens with one attached hydrogen (secondary N) is 2. The summed E-state index contributed by atoms with van der Waals surface area (Å²) in [5, 5.41) is 0.459. The molecular weight excluding hydrogens is 314 g/mol. The van der Waals surface area contributed by atoms with Crippen molar-refractivity contribution in [3.05, 3.63) is 41.9 Å². The van der Waals surface area contributed by atoms with E-state index in [1.54, 1.807) is 18.2 Å². The molecule has 0 radical (unpaired) electrons. The number of anilines is 2. The van der Waals surface area contributed by atoms with E-state index in [0.717, 1.165) is 0 Å². The molecule has 0 unspecified atom stereocenters. The number of H-pyrrole nitrogens is 1. The van der Waals surface area contributed by atoms with Gasteiger partial charge in [-0.3, -0.25) is 4.72 Å². The van der Waals surface area contributed by atoms with Crippen molar-refractivity contribution in [2.24, 2.45) is 0 Å². The highest BCUT2D eigenvalue weighted by atomic mass is 35.5. The number of benzene rings is 1. The molecule has 0 aliphatic carbocycles. The quantitative estimate of drug-likeness (QED) is 0.504. The maximum Gasteiger partial charge on any atom is 0.265 e. The average Bonchev–Trinajstić information content (AvgIpc) is 2.81. The second-order valence-electron chi connectivity index (χ2n) is 4.27. The van der Waals surface area contributed by atoms with Crippen molar-refractivity contribution < 1.29 is 8.42 Å². The van der Waals surface area contributed by atoms with Gasteiger partial charge in [-0.25, -0.2) is 13.4 Å². The minimum Gasteiger partial charge on any atom is -0.399 e. The van der Waals surface area contributed by atoms with Crippen molar-refractivity contribution in [1.82, 2.24) is 15.0 Å². The number of hydrogen-bond donors (Lipinski definition) is 3. The Morgan fingerprint density at radius 1 is 1.29 bits per heavy atom. The Morgan fingerprint density at radius 3 is 2.86 bits per heavy atom. The second kappa shape index (κ2) is 4.90. The first-order valence-corrected chi connectivity index (χ1v) is 7.70. The summed E-state index contributed by atoms with van der Waals surface area (Å²) in [6.07, 6.45) is 2.76. The first-order chi connectivity index (χ1) is 9.95. The topological polar surface area (TPSA) is 114 Å². The summed E-state index contributed by atoms with van der Waals surface area (Å²) in [5.41, 5.74) is 6.85. The minimum absolute atomic E-state index is 0.0432. The van der Waals surface area contributed by atoms with Crippen LogP contribution in [0.1, 0.15) is 0 Å². The van der Waals surface area contributed by atoms with Crippen LogP contribution >= 0.6 is 11.6 Å². The van der Waals surface area contributed by atoms with Crippen molar-refractivity contribution in [2.75, 3.05) is 10.5 Å². The average molecular weight is 324 g/mol. The smallest absolute Gasteiger partial charge is 0.265 e. The standard InChI is InChI=1S/C12H10ClN5O2S/c13-12-15-4-3-11(17-12)18-21(19,20)10-6-16-9-2-1-7(14)5-8(9)10/h1-6,16H,14H2,(H,15,17,18). The summed E-state index contributed by atoms with van der Waals surface area (Å²) in [5.74, 6) is 0.0910.